The predicted octanol–water partition coefficient (Wildman–Crippen LogP) is 3.54. The number of likely N-dealkylation sites (tertiary alicyclic amines) is 1. The van der Waals surface area contributed by atoms with Gasteiger partial charge in [-0.2, -0.15) is 0 Å². The zero-order chi connectivity index (χ0) is 12.4. The number of amides is 1. The molecule has 1 aromatic carbocycles. The van der Waals surface area contributed by atoms with Gasteiger partial charge in [-0.05, 0) is 24.5 Å². The van der Waals surface area contributed by atoms with E-state index in [2.05, 4.69) is 0 Å². The van der Waals surface area contributed by atoms with E-state index in [1.165, 1.54) is 4.90 Å². The Hall–Kier alpha value is -0.800. The SMILES string of the molecule is O=C(C(F)Cl)N1CCCC1c1ccccc1Cl. The average Bonchev–Trinajstić information content (AvgIpc) is 2.77. The topological polar surface area (TPSA) is 20.3 Å². The van der Waals surface area contributed by atoms with Crippen LogP contribution in [0, 0.1) is 0 Å². The largest absolute Gasteiger partial charge is 0.332 e. The van der Waals surface area contributed by atoms with Gasteiger partial charge in [-0.25, -0.2) is 4.39 Å². The minimum absolute atomic E-state index is 0.159. The highest BCUT2D eigenvalue weighted by Crippen LogP contribution is 2.36. The number of benzene rings is 1. The molecule has 0 bridgehead atoms. The van der Waals surface area contributed by atoms with Gasteiger partial charge in [0.25, 0.3) is 11.5 Å². The number of hydrogen-bond donors (Lipinski definition) is 0. The molecule has 0 radical (unpaired) electrons. The van der Waals surface area contributed by atoms with Crippen molar-refractivity contribution < 1.29 is 9.18 Å². The summed E-state index contributed by atoms with van der Waals surface area (Å²) >= 11 is 11.3. The van der Waals surface area contributed by atoms with Crippen LogP contribution in [0.3, 0.4) is 0 Å². The van der Waals surface area contributed by atoms with Crippen LogP contribution in [0.4, 0.5) is 4.39 Å². The van der Waals surface area contributed by atoms with Crippen LogP contribution in [-0.4, -0.2) is 23.0 Å². The number of halogens is 3. The molecule has 0 aromatic heterocycles. The summed E-state index contributed by atoms with van der Waals surface area (Å²) in [6.07, 6.45) is 1.63. The first-order valence-corrected chi connectivity index (χ1v) is 6.25. The maximum Gasteiger partial charge on any atom is 0.273 e. The Morgan fingerprint density at radius 1 is 1.47 bits per heavy atom. The summed E-state index contributed by atoms with van der Waals surface area (Å²) in [5, 5.41) is 0.599. The number of carbonyl (C=O) groups is 1. The third kappa shape index (κ3) is 2.55. The standard InChI is InChI=1S/C12H12Cl2FNO/c13-9-5-2-1-4-8(9)10-6-3-7-16(10)12(17)11(14)15/h1-2,4-5,10-11H,3,6-7H2. The van der Waals surface area contributed by atoms with Crippen molar-refractivity contribution in [3.63, 3.8) is 0 Å². The summed E-state index contributed by atoms with van der Waals surface area (Å²) in [7, 11) is 0. The van der Waals surface area contributed by atoms with Crippen molar-refractivity contribution in [2.24, 2.45) is 0 Å². The Morgan fingerprint density at radius 2 is 2.18 bits per heavy atom. The molecule has 1 heterocycles. The molecule has 1 fully saturated rings. The molecular formula is C12H12Cl2FNO. The summed E-state index contributed by atoms with van der Waals surface area (Å²) in [5.41, 5.74) is -1.12. The van der Waals surface area contributed by atoms with Crippen LogP contribution in [0.5, 0.6) is 0 Å². The molecule has 2 nitrogen and oxygen atoms in total. The molecule has 2 unspecified atom stereocenters. The lowest BCUT2D eigenvalue weighted by atomic mass is 10.0. The lowest BCUT2D eigenvalue weighted by molar-refractivity contribution is -0.134. The van der Waals surface area contributed by atoms with Crippen LogP contribution in [0.1, 0.15) is 24.4 Å². The highest BCUT2D eigenvalue weighted by molar-refractivity contribution is 6.31. The molecule has 2 atom stereocenters. The molecule has 1 aliphatic rings. The first kappa shape index (κ1) is 12.7. The number of carbonyl (C=O) groups excluding carboxylic acids is 1. The van der Waals surface area contributed by atoms with Crippen molar-refractivity contribution in [3.8, 4) is 0 Å². The normalized spacial score (nSPS) is 21.6. The number of alkyl halides is 2. The Labute approximate surface area is 109 Å². The fourth-order valence-electron chi connectivity index (χ4n) is 2.22. The van der Waals surface area contributed by atoms with Gasteiger partial charge < -0.3 is 4.90 Å². The minimum atomic E-state index is -1.97. The van der Waals surface area contributed by atoms with E-state index < -0.39 is 11.5 Å². The third-order valence-electron chi connectivity index (χ3n) is 2.99. The first-order chi connectivity index (χ1) is 8.11. The van der Waals surface area contributed by atoms with E-state index in [0.29, 0.717) is 11.6 Å². The van der Waals surface area contributed by atoms with Crippen LogP contribution in [0.15, 0.2) is 24.3 Å². The molecule has 2 rings (SSSR count). The molecule has 0 spiro atoms. The fourth-order valence-corrected chi connectivity index (χ4v) is 2.61. The molecule has 1 aromatic rings. The van der Waals surface area contributed by atoms with Gasteiger partial charge in [-0.3, -0.25) is 4.79 Å². The van der Waals surface area contributed by atoms with E-state index in [1.807, 2.05) is 18.2 Å². The van der Waals surface area contributed by atoms with E-state index >= 15 is 0 Å². The average molecular weight is 276 g/mol. The molecule has 5 heteroatoms. The summed E-state index contributed by atoms with van der Waals surface area (Å²) in [6.45, 7) is 0.530. The number of hydrogen-bond acceptors (Lipinski definition) is 1. The monoisotopic (exact) mass is 275 g/mol. The second kappa shape index (κ2) is 5.23. The minimum Gasteiger partial charge on any atom is -0.332 e. The molecule has 0 aliphatic carbocycles. The van der Waals surface area contributed by atoms with Crippen molar-refractivity contribution in [1.82, 2.24) is 4.90 Å². The Kier molecular flexibility index (Phi) is 3.89. The molecule has 17 heavy (non-hydrogen) atoms. The second-order valence-electron chi connectivity index (χ2n) is 4.01. The van der Waals surface area contributed by atoms with Crippen LogP contribution in [0.25, 0.3) is 0 Å². The molecule has 0 N–H and O–H groups in total. The van der Waals surface area contributed by atoms with Crippen molar-refractivity contribution in [2.75, 3.05) is 6.54 Å². The molecule has 1 amide bonds. The predicted molar refractivity (Wildman–Crippen MR) is 65.9 cm³/mol. The van der Waals surface area contributed by atoms with Gasteiger partial charge in [0.1, 0.15) is 0 Å². The second-order valence-corrected chi connectivity index (χ2v) is 4.80. The van der Waals surface area contributed by atoms with Crippen LogP contribution < -0.4 is 0 Å². The highest BCUT2D eigenvalue weighted by atomic mass is 35.5. The Bertz CT molecular complexity index is 425. The van der Waals surface area contributed by atoms with Gasteiger partial charge in [0, 0.05) is 11.6 Å². The lowest BCUT2D eigenvalue weighted by Crippen LogP contribution is -2.34. The Balaban J connectivity index is 2.26. The van der Waals surface area contributed by atoms with Crippen LogP contribution in [0.2, 0.25) is 5.02 Å². The maximum atomic E-state index is 12.9. The molecule has 1 aliphatic heterocycles. The van der Waals surface area contributed by atoms with Crippen molar-refractivity contribution in [2.45, 2.75) is 24.5 Å². The smallest absolute Gasteiger partial charge is 0.273 e. The zero-order valence-electron chi connectivity index (χ0n) is 9.07. The lowest BCUT2D eigenvalue weighted by Gasteiger charge is -2.25. The number of nitrogens with zero attached hydrogens (tertiary/aromatic N) is 1. The van der Waals surface area contributed by atoms with Gasteiger partial charge in [0.05, 0.1) is 6.04 Å². The summed E-state index contributed by atoms with van der Waals surface area (Å²) in [6, 6.07) is 7.15. The van der Waals surface area contributed by atoms with Crippen molar-refractivity contribution in [3.05, 3.63) is 34.9 Å². The first-order valence-electron chi connectivity index (χ1n) is 5.44. The summed E-state index contributed by atoms with van der Waals surface area (Å²) < 4.78 is 12.9. The van der Waals surface area contributed by atoms with Gasteiger partial charge >= 0.3 is 0 Å². The summed E-state index contributed by atoms with van der Waals surface area (Å²) in [4.78, 5) is 13.1. The zero-order valence-corrected chi connectivity index (χ0v) is 10.6. The van der Waals surface area contributed by atoms with Crippen LogP contribution in [-0.2, 0) is 4.79 Å². The molecule has 1 saturated heterocycles. The Morgan fingerprint density at radius 3 is 2.82 bits per heavy atom. The highest BCUT2D eigenvalue weighted by Gasteiger charge is 2.34. The van der Waals surface area contributed by atoms with Gasteiger partial charge in [0.2, 0.25) is 0 Å². The van der Waals surface area contributed by atoms with E-state index in [1.54, 1.807) is 6.07 Å². The summed E-state index contributed by atoms with van der Waals surface area (Å²) in [5.74, 6) is -0.672. The van der Waals surface area contributed by atoms with Gasteiger partial charge in [0.15, 0.2) is 0 Å². The van der Waals surface area contributed by atoms with E-state index in [4.69, 9.17) is 23.2 Å². The fraction of sp³-hybridized carbons (Fsp3) is 0.417. The third-order valence-corrected chi connectivity index (χ3v) is 3.52. The van der Waals surface area contributed by atoms with E-state index in [-0.39, 0.29) is 6.04 Å². The van der Waals surface area contributed by atoms with E-state index in [9.17, 15) is 9.18 Å². The van der Waals surface area contributed by atoms with Crippen molar-refractivity contribution >= 4 is 29.1 Å². The molecule has 0 saturated carbocycles. The molecule has 92 valence electrons. The quantitative estimate of drug-likeness (QED) is 0.756. The van der Waals surface area contributed by atoms with Gasteiger partial charge in [-0.1, -0.05) is 41.4 Å². The van der Waals surface area contributed by atoms with Crippen LogP contribution >= 0.6 is 23.2 Å². The van der Waals surface area contributed by atoms with E-state index in [0.717, 1.165) is 18.4 Å². The van der Waals surface area contributed by atoms with Crippen molar-refractivity contribution in [1.29, 1.82) is 0 Å². The maximum absolute atomic E-state index is 12.9. The molecular weight excluding hydrogens is 264 g/mol. The van der Waals surface area contributed by atoms with Gasteiger partial charge in [-0.15, -0.1) is 0 Å². The number of rotatable bonds is 2.